The molecule has 1 aliphatic heterocycles. The first-order chi connectivity index (χ1) is 25.3. The van der Waals surface area contributed by atoms with E-state index in [1.54, 1.807) is 79.0 Å². The largest absolute Gasteiger partial charge is 0.455 e. The monoisotopic (exact) mass is 759 g/mol. The molecule has 2 aromatic rings. The molecule has 5 atom stereocenters. The highest BCUT2D eigenvalue weighted by Gasteiger charge is 2.57. The zero-order valence-corrected chi connectivity index (χ0v) is 34.2. The predicted molar refractivity (Wildman–Crippen MR) is 204 cm³/mol. The van der Waals surface area contributed by atoms with Crippen LogP contribution in [0.3, 0.4) is 0 Å². The van der Waals surface area contributed by atoms with Crippen molar-refractivity contribution in [1.29, 1.82) is 0 Å². The summed E-state index contributed by atoms with van der Waals surface area (Å²) in [5.74, 6) is -0.258. The van der Waals surface area contributed by atoms with E-state index in [0.717, 1.165) is 19.3 Å². The van der Waals surface area contributed by atoms with Gasteiger partial charge < -0.3 is 39.4 Å². The van der Waals surface area contributed by atoms with Gasteiger partial charge in [0.2, 0.25) is 0 Å². The lowest BCUT2D eigenvalue weighted by Gasteiger charge is -2.32. The number of carbonyl (C=O) groups excluding carboxylic acids is 3. The zero-order chi connectivity index (χ0) is 39.9. The van der Waals surface area contributed by atoms with Crippen molar-refractivity contribution in [2.24, 2.45) is 11.3 Å². The second-order valence-corrected chi connectivity index (χ2v) is 17.6. The van der Waals surface area contributed by atoms with E-state index in [1.807, 2.05) is 0 Å². The molecule has 0 unspecified atom stereocenters. The van der Waals surface area contributed by atoms with Gasteiger partial charge in [-0.05, 0) is 77.8 Å². The van der Waals surface area contributed by atoms with E-state index in [1.165, 1.54) is 44.9 Å². The van der Waals surface area contributed by atoms with Gasteiger partial charge in [0.25, 0.3) is 5.91 Å². The normalized spacial score (nSPS) is 23.5. The van der Waals surface area contributed by atoms with Crippen molar-refractivity contribution in [3.63, 3.8) is 0 Å². The molecule has 14 heteroatoms. The lowest BCUT2D eigenvalue weighted by atomic mass is 9.86. The Kier molecular flexibility index (Phi) is 14.5. The molecule has 0 radical (unpaired) electrons. The number of aromatic nitrogens is 3. The van der Waals surface area contributed by atoms with Crippen molar-refractivity contribution in [1.82, 2.24) is 19.9 Å². The number of alkyl carbamates (subject to hydrolysis) is 1. The second kappa shape index (κ2) is 18.1. The first-order valence-corrected chi connectivity index (χ1v) is 19.7. The Hall–Kier alpha value is -3.33. The Labute approximate surface area is 320 Å². The van der Waals surface area contributed by atoms with Crippen molar-refractivity contribution < 1.29 is 43.2 Å². The maximum Gasteiger partial charge on any atom is 0.408 e. The van der Waals surface area contributed by atoms with Crippen LogP contribution in [0.2, 0.25) is 0 Å². The molecule has 2 aliphatic rings. The fraction of sp³-hybridized carbons (Fsp3) is 0.775. The van der Waals surface area contributed by atoms with E-state index >= 15 is 0 Å². The molecular formula is C40H65N5O9. The van der Waals surface area contributed by atoms with E-state index < -0.39 is 58.6 Å². The summed E-state index contributed by atoms with van der Waals surface area (Å²) in [5, 5.41) is 22.1. The maximum atomic E-state index is 14.0. The number of hydrogen-bond donors (Lipinski definition) is 3. The van der Waals surface area contributed by atoms with Gasteiger partial charge in [0.05, 0.1) is 12.3 Å². The lowest BCUT2D eigenvalue weighted by molar-refractivity contribution is -0.162. The van der Waals surface area contributed by atoms with Crippen molar-refractivity contribution in [3.8, 4) is 0 Å². The molecule has 54 heavy (non-hydrogen) atoms. The predicted octanol–water partition coefficient (Wildman–Crippen LogP) is 6.47. The van der Waals surface area contributed by atoms with Crippen LogP contribution < -0.4 is 10.6 Å². The summed E-state index contributed by atoms with van der Waals surface area (Å²) in [6.45, 7) is 18.8. The third-order valence-corrected chi connectivity index (χ3v) is 10.3. The van der Waals surface area contributed by atoms with Gasteiger partial charge in [-0.25, -0.2) is 19.1 Å². The molecule has 3 heterocycles. The van der Waals surface area contributed by atoms with Crippen molar-refractivity contribution in [2.75, 3.05) is 25.1 Å². The average molecular weight is 760 g/mol. The van der Waals surface area contributed by atoms with Crippen LogP contribution in [0, 0.1) is 11.3 Å². The number of aliphatic hydroxyl groups is 1. The van der Waals surface area contributed by atoms with Crippen LogP contribution in [0.4, 0.5) is 10.6 Å². The molecule has 304 valence electrons. The van der Waals surface area contributed by atoms with Crippen LogP contribution in [0.25, 0.3) is 5.52 Å². The van der Waals surface area contributed by atoms with Gasteiger partial charge >= 0.3 is 12.1 Å². The molecule has 0 aromatic carbocycles. The topological polar surface area (TPSA) is 172 Å². The van der Waals surface area contributed by atoms with Crippen LogP contribution in [-0.2, 0) is 38.9 Å². The molecule has 4 rings (SSSR count). The third kappa shape index (κ3) is 11.1. The first kappa shape index (κ1) is 43.4. The fourth-order valence-electron chi connectivity index (χ4n) is 7.01. The standard InChI is InChI=1S/C40H65N5O9/c1-11-12-22-51-39(8,9)35(48)44-33-27-19-20-29(45(27)42-25-41-33)40(10)32(46)30(28(53-40)24-50-23-21-26-17-15-13-14-16-18-26)52-34(47)31(37(2,3)4)43-36(49)54-38(5,6)7/h19-20,25-26,28,30-32,46H,11-18,21-24H2,1-10H3,(H,43,49)(H,41,42,44,48)/t28-,30-,31-,32-,40+/m1/s1. The molecule has 2 aromatic heterocycles. The van der Waals surface area contributed by atoms with Gasteiger partial charge in [-0.15, -0.1) is 0 Å². The van der Waals surface area contributed by atoms with Gasteiger partial charge in [-0.1, -0.05) is 72.6 Å². The molecule has 2 fully saturated rings. The van der Waals surface area contributed by atoms with Gasteiger partial charge in [0, 0.05) is 13.2 Å². The zero-order valence-electron chi connectivity index (χ0n) is 34.2. The Morgan fingerprint density at radius 3 is 2.35 bits per heavy atom. The fourth-order valence-corrected chi connectivity index (χ4v) is 7.01. The Morgan fingerprint density at radius 2 is 1.72 bits per heavy atom. The highest BCUT2D eigenvalue weighted by atomic mass is 16.6. The number of ether oxygens (including phenoxy) is 5. The second-order valence-electron chi connectivity index (χ2n) is 17.6. The van der Waals surface area contributed by atoms with Crippen molar-refractivity contribution in [2.45, 2.75) is 168 Å². The van der Waals surface area contributed by atoms with Crippen LogP contribution in [0.5, 0.6) is 0 Å². The number of amides is 2. The van der Waals surface area contributed by atoms with Gasteiger partial charge in [0.1, 0.15) is 46.9 Å². The lowest BCUT2D eigenvalue weighted by Crippen LogP contribution is -2.53. The summed E-state index contributed by atoms with van der Waals surface area (Å²) >= 11 is 0. The molecule has 1 aliphatic carbocycles. The van der Waals surface area contributed by atoms with Crippen LogP contribution in [-0.4, -0.2) is 93.1 Å². The van der Waals surface area contributed by atoms with E-state index in [-0.39, 0.29) is 18.3 Å². The minimum Gasteiger partial charge on any atom is -0.455 e. The number of nitrogens with one attached hydrogen (secondary N) is 2. The highest BCUT2D eigenvalue weighted by Crippen LogP contribution is 2.42. The minimum absolute atomic E-state index is 0.0592. The number of unbranched alkanes of at least 4 members (excludes halogenated alkanes) is 1. The summed E-state index contributed by atoms with van der Waals surface area (Å²) in [5.41, 5.74) is -3.18. The summed E-state index contributed by atoms with van der Waals surface area (Å²) in [6.07, 6.45) is 7.21. The molecular weight excluding hydrogens is 694 g/mol. The molecule has 3 N–H and O–H groups in total. The summed E-state index contributed by atoms with van der Waals surface area (Å²) in [7, 11) is 0. The smallest absolute Gasteiger partial charge is 0.408 e. The number of hydrogen-bond acceptors (Lipinski definition) is 11. The maximum absolute atomic E-state index is 14.0. The van der Waals surface area contributed by atoms with Crippen LogP contribution in [0.15, 0.2) is 18.5 Å². The molecule has 2 amide bonds. The number of esters is 1. The molecule has 0 bridgehead atoms. The quantitative estimate of drug-likeness (QED) is 0.103. The van der Waals surface area contributed by atoms with E-state index in [4.69, 9.17) is 23.7 Å². The van der Waals surface area contributed by atoms with Gasteiger partial charge in [-0.2, -0.15) is 5.10 Å². The van der Waals surface area contributed by atoms with Gasteiger partial charge in [-0.3, -0.25) is 4.79 Å². The van der Waals surface area contributed by atoms with Gasteiger partial charge in [0.15, 0.2) is 11.9 Å². The Bertz CT molecular complexity index is 1560. The Balaban J connectivity index is 1.60. The number of aliphatic hydroxyl groups excluding tert-OH is 1. The van der Waals surface area contributed by atoms with Crippen LogP contribution >= 0.6 is 0 Å². The molecule has 1 saturated heterocycles. The average Bonchev–Trinajstić information content (AvgIpc) is 3.49. The minimum atomic E-state index is -1.44. The number of anilines is 1. The molecule has 0 spiro atoms. The summed E-state index contributed by atoms with van der Waals surface area (Å²) in [6, 6.07) is 2.36. The van der Waals surface area contributed by atoms with E-state index in [0.29, 0.717) is 30.3 Å². The molecule has 1 saturated carbocycles. The SMILES string of the molecule is CCCCOC(C)(C)C(=O)Nc1ncnn2c([C@]3(C)O[C@H](COCCC4CCCCCC4)[C@@H](OC(=O)[C@@H](NC(=O)OC(C)(C)C)C(C)(C)C)[C@H]3O)ccc12. The van der Waals surface area contributed by atoms with Crippen molar-refractivity contribution in [3.05, 3.63) is 24.2 Å². The summed E-state index contributed by atoms with van der Waals surface area (Å²) < 4.78 is 31.8. The third-order valence-electron chi connectivity index (χ3n) is 10.3. The Morgan fingerprint density at radius 1 is 1.04 bits per heavy atom. The number of carbonyl (C=O) groups is 3. The summed E-state index contributed by atoms with van der Waals surface area (Å²) in [4.78, 5) is 44.4. The number of rotatable bonds is 15. The molecule has 14 nitrogen and oxygen atoms in total. The number of nitrogens with zero attached hydrogens (tertiary/aromatic N) is 3. The van der Waals surface area contributed by atoms with Crippen molar-refractivity contribution >= 4 is 29.3 Å². The highest BCUT2D eigenvalue weighted by molar-refractivity contribution is 5.98. The van der Waals surface area contributed by atoms with E-state index in [2.05, 4.69) is 27.6 Å². The van der Waals surface area contributed by atoms with Crippen LogP contribution in [0.1, 0.15) is 133 Å². The number of fused-ring (bicyclic) bond motifs is 1. The van der Waals surface area contributed by atoms with E-state index in [9.17, 15) is 19.5 Å². The first-order valence-electron chi connectivity index (χ1n) is 19.7.